The molecule has 5 rings (SSSR count). The lowest BCUT2D eigenvalue weighted by Gasteiger charge is -2.35. The number of thioether (sulfide) groups is 1. The maximum Gasteiger partial charge on any atom is 0.286 e. The van der Waals surface area contributed by atoms with Crippen LogP contribution in [-0.2, 0) is 9.53 Å². The van der Waals surface area contributed by atoms with Crippen LogP contribution in [0.2, 0.25) is 0 Å². The van der Waals surface area contributed by atoms with Crippen LogP contribution in [0.4, 0.5) is 0 Å². The Hall–Kier alpha value is -3.23. The Morgan fingerprint density at radius 1 is 1.06 bits per heavy atom. The average molecular weight is 446 g/mol. The number of aromatic nitrogens is 3. The number of carbonyl (C=O) groups is 1. The lowest BCUT2D eigenvalue weighted by molar-refractivity contribution is -0.113. The second-order valence-electron chi connectivity index (χ2n) is 7.92. The second-order valence-corrected chi connectivity index (χ2v) is 8.93. The first-order chi connectivity index (χ1) is 15.6. The maximum absolute atomic E-state index is 12.7. The molecule has 0 N–H and O–H groups in total. The van der Waals surface area contributed by atoms with Gasteiger partial charge < -0.3 is 9.64 Å². The highest BCUT2D eigenvalue weighted by molar-refractivity contribution is 8.18. The lowest BCUT2D eigenvalue weighted by Crippen LogP contribution is -2.47. The molecule has 2 aliphatic heterocycles. The Balaban J connectivity index is 1.48. The molecular weight excluding hydrogens is 422 g/mol. The summed E-state index contributed by atoms with van der Waals surface area (Å²) in [5.41, 5.74) is 3.54. The number of ether oxygens (including phenoxy) is 1. The van der Waals surface area contributed by atoms with E-state index in [-0.39, 0.29) is 18.1 Å². The van der Waals surface area contributed by atoms with Crippen molar-refractivity contribution in [3.8, 4) is 16.9 Å². The number of morpholine rings is 1. The fourth-order valence-electron chi connectivity index (χ4n) is 3.95. The summed E-state index contributed by atoms with van der Waals surface area (Å²) in [5, 5.41) is 5.55. The molecular formula is C24H23N5O2S. The normalized spacial score (nSPS) is 22.4. The number of aliphatic imine (C=N–C) groups is 1. The summed E-state index contributed by atoms with van der Waals surface area (Å²) in [6.07, 6.45) is 7.53. The molecule has 0 aliphatic carbocycles. The summed E-state index contributed by atoms with van der Waals surface area (Å²) >= 11 is 1.42. The third-order valence-corrected chi connectivity index (χ3v) is 6.35. The van der Waals surface area contributed by atoms with E-state index in [2.05, 4.69) is 14.9 Å². The molecule has 0 saturated carbocycles. The van der Waals surface area contributed by atoms with E-state index in [0.717, 1.165) is 40.8 Å². The first kappa shape index (κ1) is 20.7. The zero-order chi connectivity index (χ0) is 22.1. The van der Waals surface area contributed by atoms with Crippen LogP contribution in [0.25, 0.3) is 23.0 Å². The number of carbonyl (C=O) groups excluding carboxylic acids is 1. The Morgan fingerprint density at radius 2 is 1.78 bits per heavy atom. The van der Waals surface area contributed by atoms with Crippen LogP contribution in [-0.4, -0.2) is 56.0 Å². The topological polar surface area (TPSA) is 72.6 Å². The minimum absolute atomic E-state index is 0.104. The number of para-hydroxylation sites is 1. The third-order valence-electron chi connectivity index (χ3n) is 5.30. The van der Waals surface area contributed by atoms with Crippen molar-refractivity contribution in [2.24, 2.45) is 4.99 Å². The Labute approximate surface area is 190 Å². The number of rotatable bonds is 3. The van der Waals surface area contributed by atoms with E-state index in [4.69, 9.17) is 9.84 Å². The summed E-state index contributed by atoms with van der Waals surface area (Å²) in [6, 6.07) is 13.8. The van der Waals surface area contributed by atoms with Crippen LogP contribution in [0.1, 0.15) is 19.4 Å². The highest BCUT2D eigenvalue weighted by Crippen LogP contribution is 2.34. The first-order valence-corrected chi connectivity index (χ1v) is 11.4. The zero-order valence-electron chi connectivity index (χ0n) is 17.9. The van der Waals surface area contributed by atoms with Crippen LogP contribution >= 0.6 is 11.8 Å². The van der Waals surface area contributed by atoms with Crippen LogP contribution in [0, 0.1) is 0 Å². The van der Waals surface area contributed by atoms with Crippen LogP contribution < -0.4 is 0 Å². The van der Waals surface area contributed by atoms with Gasteiger partial charge in [0, 0.05) is 42.8 Å². The fraction of sp³-hybridized carbons (Fsp3) is 0.250. The minimum Gasteiger partial charge on any atom is -0.372 e. The Morgan fingerprint density at radius 3 is 2.50 bits per heavy atom. The van der Waals surface area contributed by atoms with Gasteiger partial charge in [-0.15, -0.1) is 0 Å². The van der Waals surface area contributed by atoms with Gasteiger partial charge in [-0.3, -0.25) is 9.78 Å². The van der Waals surface area contributed by atoms with Crippen LogP contribution in [0.15, 0.2) is 71.0 Å². The van der Waals surface area contributed by atoms with Crippen molar-refractivity contribution in [3.63, 3.8) is 0 Å². The highest BCUT2D eigenvalue weighted by atomic mass is 32.2. The van der Waals surface area contributed by atoms with E-state index in [0.29, 0.717) is 4.91 Å². The van der Waals surface area contributed by atoms with Gasteiger partial charge in [0.1, 0.15) is 5.69 Å². The average Bonchev–Trinajstić information content (AvgIpc) is 3.38. The fourth-order valence-corrected chi connectivity index (χ4v) is 4.87. The van der Waals surface area contributed by atoms with Gasteiger partial charge in [0.2, 0.25) is 0 Å². The van der Waals surface area contributed by atoms with Gasteiger partial charge in [0.15, 0.2) is 5.17 Å². The zero-order valence-corrected chi connectivity index (χ0v) is 18.7. The molecule has 4 heterocycles. The molecule has 1 aromatic carbocycles. The van der Waals surface area contributed by atoms with Crippen molar-refractivity contribution in [1.29, 1.82) is 0 Å². The summed E-state index contributed by atoms with van der Waals surface area (Å²) in [6.45, 7) is 5.54. The number of nitrogens with zero attached hydrogens (tertiary/aromatic N) is 5. The molecule has 1 fully saturated rings. The molecule has 8 heteroatoms. The summed E-state index contributed by atoms with van der Waals surface area (Å²) in [5.74, 6) is -0.218. The molecule has 2 unspecified atom stereocenters. The summed E-state index contributed by atoms with van der Waals surface area (Å²) in [7, 11) is 0. The molecule has 0 radical (unpaired) electrons. The van der Waals surface area contributed by atoms with E-state index >= 15 is 0 Å². The van der Waals surface area contributed by atoms with E-state index in [1.165, 1.54) is 11.8 Å². The Kier molecular flexibility index (Phi) is 5.63. The van der Waals surface area contributed by atoms with Crippen molar-refractivity contribution < 1.29 is 9.53 Å². The number of hydrogen-bond acceptors (Lipinski definition) is 6. The molecule has 3 aromatic rings. The predicted molar refractivity (Wildman–Crippen MR) is 126 cm³/mol. The van der Waals surface area contributed by atoms with E-state index in [9.17, 15) is 4.79 Å². The largest absolute Gasteiger partial charge is 0.372 e. The van der Waals surface area contributed by atoms with Crippen LogP contribution in [0.5, 0.6) is 0 Å². The Bertz CT molecular complexity index is 1180. The van der Waals surface area contributed by atoms with E-state index in [1.807, 2.05) is 73.3 Å². The van der Waals surface area contributed by atoms with Crippen molar-refractivity contribution in [2.45, 2.75) is 26.1 Å². The number of benzene rings is 1. The third kappa shape index (κ3) is 4.24. The van der Waals surface area contributed by atoms with Gasteiger partial charge in [0.05, 0.1) is 22.8 Å². The van der Waals surface area contributed by atoms with Crippen molar-refractivity contribution in [2.75, 3.05) is 13.1 Å². The standard InChI is InChI=1S/C24H23N5O2S/c1-16-13-28(14-17(2)31-16)24-26-23(30)21(32-24)12-19-15-29(20-6-4-3-5-7-20)27-22(19)18-8-10-25-11-9-18/h3-12,15-17H,13-14H2,1-2H3/b21-12-. The molecule has 7 nitrogen and oxygen atoms in total. The number of pyridine rings is 1. The smallest absolute Gasteiger partial charge is 0.286 e. The van der Waals surface area contributed by atoms with Gasteiger partial charge in [-0.25, -0.2) is 4.68 Å². The summed E-state index contributed by atoms with van der Waals surface area (Å²) < 4.78 is 7.65. The van der Waals surface area contributed by atoms with Gasteiger partial charge >= 0.3 is 0 Å². The van der Waals surface area contributed by atoms with Crippen LogP contribution in [0.3, 0.4) is 0 Å². The maximum atomic E-state index is 12.7. The molecule has 2 atom stereocenters. The SMILES string of the molecule is CC1CN(C2=NC(=O)/C(=C/c3cn(-c4ccccc4)nc3-c3ccncc3)S2)CC(C)O1. The molecule has 0 spiro atoms. The second kappa shape index (κ2) is 8.72. The highest BCUT2D eigenvalue weighted by Gasteiger charge is 2.31. The lowest BCUT2D eigenvalue weighted by atomic mass is 10.1. The predicted octanol–water partition coefficient (Wildman–Crippen LogP) is 4.01. The van der Waals surface area contributed by atoms with Crippen molar-refractivity contribution in [1.82, 2.24) is 19.7 Å². The van der Waals surface area contributed by atoms with Crippen molar-refractivity contribution in [3.05, 3.63) is 71.5 Å². The van der Waals surface area contributed by atoms with E-state index < -0.39 is 0 Å². The quantitative estimate of drug-likeness (QED) is 0.567. The molecule has 1 saturated heterocycles. The van der Waals surface area contributed by atoms with Gasteiger partial charge in [-0.2, -0.15) is 10.1 Å². The van der Waals surface area contributed by atoms with E-state index in [1.54, 1.807) is 12.4 Å². The monoisotopic (exact) mass is 445 g/mol. The number of hydrogen-bond donors (Lipinski definition) is 0. The number of amidine groups is 1. The minimum atomic E-state index is -0.218. The molecule has 1 amide bonds. The number of amides is 1. The molecule has 32 heavy (non-hydrogen) atoms. The van der Waals surface area contributed by atoms with Gasteiger partial charge in [-0.1, -0.05) is 18.2 Å². The molecule has 0 bridgehead atoms. The van der Waals surface area contributed by atoms with Gasteiger partial charge in [-0.05, 0) is 56.0 Å². The molecule has 2 aliphatic rings. The molecule has 2 aromatic heterocycles. The van der Waals surface area contributed by atoms with Gasteiger partial charge in [0.25, 0.3) is 5.91 Å². The first-order valence-electron chi connectivity index (χ1n) is 10.6. The molecule has 162 valence electrons. The summed E-state index contributed by atoms with van der Waals surface area (Å²) in [4.78, 5) is 23.9. The van der Waals surface area contributed by atoms with Crippen molar-refractivity contribution >= 4 is 28.9 Å².